The van der Waals surface area contributed by atoms with Crippen LogP contribution in [-0.2, 0) is 0 Å². The van der Waals surface area contributed by atoms with Crippen LogP contribution in [0.2, 0.25) is 0 Å². The molecule has 5 nitrogen and oxygen atoms in total. The van der Waals surface area contributed by atoms with Crippen molar-refractivity contribution in [2.45, 2.75) is 6.42 Å². The van der Waals surface area contributed by atoms with E-state index in [2.05, 4.69) is 26.5 Å². The number of rotatable bonds is 2. The fourth-order valence-corrected chi connectivity index (χ4v) is 1.89. The predicted molar refractivity (Wildman–Crippen MR) is 64.6 cm³/mol. The zero-order valence-corrected chi connectivity index (χ0v) is 9.37. The molecular formula is C12H13N5. The number of nitrogens with zero attached hydrogens (tertiary/aromatic N) is 4. The highest BCUT2D eigenvalue weighted by Gasteiger charge is 2.09. The molecule has 0 amide bonds. The minimum atomic E-state index is 0.605. The van der Waals surface area contributed by atoms with Gasteiger partial charge in [-0.05, 0) is 24.6 Å². The summed E-state index contributed by atoms with van der Waals surface area (Å²) >= 11 is 0. The van der Waals surface area contributed by atoms with Gasteiger partial charge in [0.25, 0.3) is 0 Å². The van der Waals surface area contributed by atoms with Crippen molar-refractivity contribution in [3.8, 4) is 5.95 Å². The van der Waals surface area contributed by atoms with E-state index in [0.717, 1.165) is 25.1 Å². The number of hydrogen-bond donors (Lipinski definition) is 1. The van der Waals surface area contributed by atoms with Gasteiger partial charge in [0.15, 0.2) is 0 Å². The summed E-state index contributed by atoms with van der Waals surface area (Å²) in [5, 5.41) is 7.59. The first-order valence-corrected chi connectivity index (χ1v) is 5.66. The molecule has 2 aromatic rings. The summed E-state index contributed by atoms with van der Waals surface area (Å²) in [6, 6.07) is 1.79. The van der Waals surface area contributed by atoms with Crippen LogP contribution in [0.4, 0.5) is 0 Å². The van der Waals surface area contributed by atoms with Crippen molar-refractivity contribution in [1.82, 2.24) is 25.1 Å². The molecule has 17 heavy (non-hydrogen) atoms. The van der Waals surface area contributed by atoms with Crippen LogP contribution in [0, 0.1) is 0 Å². The normalized spacial score (nSPS) is 15.6. The lowest BCUT2D eigenvalue weighted by molar-refractivity contribution is 0.738. The van der Waals surface area contributed by atoms with Gasteiger partial charge in [-0.1, -0.05) is 6.08 Å². The van der Waals surface area contributed by atoms with E-state index in [1.807, 2.05) is 12.4 Å². The summed E-state index contributed by atoms with van der Waals surface area (Å²) in [4.78, 5) is 8.33. The van der Waals surface area contributed by atoms with Crippen molar-refractivity contribution in [3.63, 3.8) is 0 Å². The van der Waals surface area contributed by atoms with Crippen LogP contribution in [0.15, 0.2) is 36.9 Å². The average molecular weight is 227 g/mol. The molecule has 1 aliphatic heterocycles. The van der Waals surface area contributed by atoms with E-state index in [1.165, 1.54) is 5.57 Å². The quantitative estimate of drug-likeness (QED) is 0.832. The van der Waals surface area contributed by atoms with Gasteiger partial charge in [0.05, 0.1) is 6.20 Å². The van der Waals surface area contributed by atoms with Gasteiger partial charge in [-0.25, -0.2) is 14.6 Å². The Morgan fingerprint density at radius 1 is 1.24 bits per heavy atom. The maximum atomic E-state index is 4.29. The Hall–Kier alpha value is -2.01. The molecule has 0 spiro atoms. The minimum Gasteiger partial charge on any atom is -0.313 e. The van der Waals surface area contributed by atoms with Gasteiger partial charge in [-0.15, -0.1) is 0 Å². The maximum Gasteiger partial charge on any atom is 0.250 e. The summed E-state index contributed by atoms with van der Waals surface area (Å²) < 4.78 is 1.71. The summed E-state index contributed by atoms with van der Waals surface area (Å²) in [5.74, 6) is 0.605. The summed E-state index contributed by atoms with van der Waals surface area (Å²) in [7, 11) is 0. The summed E-state index contributed by atoms with van der Waals surface area (Å²) in [6.07, 6.45) is 10.5. The molecule has 0 unspecified atom stereocenters. The lowest BCUT2D eigenvalue weighted by Gasteiger charge is -2.11. The molecule has 0 saturated heterocycles. The molecule has 0 fully saturated rings. The first-order valence-electron chi connectivity index (χ1n) is 5.66. The molecule has 3 rings (SSSR count). The smallest absolute Gasteiger partial charge is 0.250 e. The highest BCUT2D eigenvalue weighted by molar-refractivity contribution is 5.65. The Morgan fingerprint density at radius 2 is 2.12 bits per heavy atom. The van der Waals surface area contributed by atoms with Crippen molar-refractivity contribution >= 4 is 5.57 Å². The molecular weight excluding hydrogens is 214 g/mol. The molecule has 0 aliphatic carbocycles. The average Bonchev–Trinajstić information content (AvgIpc) is 2.90. The highest BCUT2D eigenvalue weighted by atomic mass is 15.3. The van der Waals surface area contributed by atoms with Crippen LogP contribution in [0.25, 0.3) is 11.5 Å². The second kappa shape index (κ2) is 4.47. The van der Waals surface area contributed by atoms with Crippen molar-refractivity contribution in [1.29, 1.82) is 0 Å². The van der Waals surface area contributed by atoms with Crippen molar-refractivity contribution < 1.29 is 0 Å². The number of aromatic nitrogens is 4. The van der Waals surface area contributed by atoms with Crippen LogP contribution >= 0.6 is 0 Å². The third kappa shape index (κ3) is 2.09. The van der Waals surface area contributed by atoms with Gasteiger partial charge in [0.1, 0.15) is 0 Å². The lowest BCUT2D eigenvalue weighted by atomic mass is 10.0. The van der Waals surface area contributed by atoms with E-state index < -0.39 is 0 Å². The van der Waals surface area contributed by atoms with Gasteiger partial charge in [-0.3, -0.25) is 0 Å². The fourth-order valence-electron chi connectivity index (χ4n) is 1.89. The second-order valence-electron chi connectivity index (χ2n) is 3.91. The fraction of sp³-hybridized carbons (Fsp3) is 0.250. The van der Waals surface area contributed by atoms with Crippen molar-refractivity contribution in [2.75, 3.05) is 13.1 Å². The molecule has 2 aromatic heterocycles. The van der Waals surface area contributed by atoms with Gasteiger partial charge < -0.3 is 5.32 Å². The van der Waals surface area contributed by atoms with Gasteiger partial charge in [0, 0.05) is 30.7 Å². The third-order valence-corrected chi connectivity index (χ3v) is 2.77. The Kier molecular flexibility index (Phi) is 2.67. The van der Waals surface area contributed by atoms with E-state index >= 15 is 0 Å². The topological polar surface area (TPSA) is 55.6 Å². The van der Waals surface area contributed by atoms with E-state index in [9.17, 15) is 0 Å². The van der Waals surface area contributed by atoms with Crippen LogP contribution < -0.4 is 5.32 Å². The first kappa shape index (κ1) is 10.2. The molecule has 0 radical (unpaired) electrons. The van der Waals surface area contributed by atoms with Gasteiger partial charge in [-0.2, -0.15) is 5.10 Å². The van der Waals surface area contributed by atoms with Gasteiger partial charge >= 0.3 is 0 Å². The standard InChI is InChI=1S/C12H13N5/c1-4-14-12(15-5-1)17-9-11(8-16-17)10-2-6-13-7-3-10/h1-2,4-5,8-9,13H,3,6-7H2. The third-order valence-electron chi connectivity index (χ3n) is 2.77. The molecule has 0 bridgehead atoms. The summed E-state index contributed by atoms with van der Waals surface area (Å²) in [6.45, 7) is 1.96. The number of nitrogens with one attached hydrogen (secondary N) is 1. The monoisotopic (exact) mass is 227 g/mol. The Labute approximate surface area is 99.2 Å². The molecule has 0 atom stereocenters. The van der Waals surface area contributed by atoms with Crippen LogP contribution in [-0.4, -0.2) is 32.8 Å². The molecule has 0 saturated carbocycles. The molecule has 5 heteroatoms. The zero-order chi connectivity index (χ0) is 11.5. The van der Waals surface area contributed by atoms with Crippen LogP contribution in [0.1, 0.15) is 12.0 Å². The Balaban J connectivity index is 1.90. The van der Waals surface area contributed by atoms with Crippen molar-refractivity contribution in [3.05, 3.63) is 42.5 Å². The minimum absolute atomic E-state index is 0.605. The van der Waals surface area contributed by atoms with E-state index in [1.54, 1.807) is 23.1 Å². The maximum absolute atomic E-state index is 4.29. The van der Waals surface area contributed by atoms with Crippen LogP contribution in [0.5, 0.6) is 0 Å². The van der Waals surface area contributed by atoms with Crippen molar-refractivity contribution in [2.24, 2.45) is 0 Å². The second-order valence-corrected chi connectivity index (χ2v) is 3.91. The van der Waals surface area contributed by atoms with E-state index in [-0.39, 0.29) is 0 Å². The zero-order valence-electron chi connectivity index (χ0n) is 9.37. The SMILES string of the molecule is C1=C(c2cnn(-c3ncccn3)c2)CCNC1. The van der Waals surface area contributed by atoms with E-state index in [4.69, 9.17) is 0 Å². The molecule has 1 aliphatic rings. The Morgan fingerprint density at radius 3 is 2.88 bits per heavy atom. The largest absolute Gasteiger partial charge is 0.313 e. The lowest BCUT2D eigenvalue weighted by Crippen LogP contribution is -2.19. The molecule has 3 heterocycles. The summed E-state index contributed by atoms with van der Waals surface area (Å²) in [5.41, 5.74) is 2.49. The predicted octanol–water partition coefficient (Wildman–Crippen LogP) is 1.04. The molecule has 1 N–H and O–H groups in total. The first-order chi connectivity index (χ1) is 8.43. The molecule has 0 aromatic carbocycles. The van der Waals surface area contributed by atoms with Crippen LogP contribution in [0.3, 0.4) is 0 Å². The van der Waals surface area contributed by atoms with E-state index in [0.29, 0.717) is 5.95 Å². The van der Waals surface area contributed by atoms with Gasteiger partial charge in [0.2, 0.25) is 5.95 Å². The number of hydrogen-bond acceptors (Lipinski definition) is 4. The molecule has 86 valence electrons. The Bertz CT molecular complexity index is 529. The highest BCUT2D eigenvalue weighted by Crippen LogP contribution is 2.19.